The first kappa shape index (κ1) is 24.5. The number of fused-ring (bicyclic) bond motifs is 2. The minimum atomic E-state index is -4.22. The van der Waals surface area contributed by atoms with Gasteiger partial charge in [-0.1, -0.05) is 18.5 Å². The van der Waals surface area contributed by atoms with Crippen LogP contribution in [0.2, 0.25) is 5.02 Å². The molecule has 3 heterocycles. The van der Waals surface area contributed by atoms with Gasteiger partial charge in [0.15, 0.2) is 0 Å². The highest BCUT2D eigenvalue weighted by molar-refractivity contribution is 6.33. The number of ether oxygens (including phenoxy) is 2. The van der Waals surface area contributed by atoms with Gasteiger partial charge in [-0.3, -0.25) is 4.90 Å². The van der Waals surface area contributed by atoms with Gasteiger partial charge in [-0.25, -0.2) is 9.97 Å². The van der Waals surface area contributed by atoms with E-state index in [9.17, 15) is 13.2 Å². The van der Waals surface area contributed by atoms with Crippen LogP contribution in [-0.2, 0) is 4.74 Å². The molecule has 2 fully saturated rings. The lowest BCUT2D eigenvalue weighted by molar-refractivity contribution is -0.187. The number of aromatic nitrogens is 2. The molecule has 0 amide bonds. The standard InChI is InChI=1S/C23H25ClF3N5O2/c1-13(23(25,26)27)9-32-16-6-18(7-17(32)11-33-10-16)34-22-14(2)21(29-12-30-22)31-20-4-3-15(8-28)5-19(20)24/h3-5,12-13,16-18H,6-7,9-11H2,1-2H3,(H,29,30,31)/t13?,16-,17+,18-. The van der Waals surface area contributed by atoms with Crippen LogP contribution in [0.4, 0.5) is 24.7 Å². The molecule has 0 aliphatic carbocycles. The summed E-state index contributed by atoms with van der Waals surface area (Å²) >= 11 is 6.26. The second-order valence-electron chi connectivity index (χ2n) is 8.78. The molecule has 4 rings (SSSR count). The highest BCUT2D eigenvalue weighted by Gasteiger charge is 2.44. The van der Waals surface area contributed by atoms with Gasteiger partial charge in [0, 0.05) is 31.5 Å². The minimum Gasteiger partial charge on any atom is -0.474 e. The smallest absolute Gasteiger partial charge is 0.392 e. The van der Waals surface area contributed by atoms with Gasteiger partial charge in [0.2, 0.25) is 5.88 Å². The molecule has 2 aromatic rings. The van der Waals surface area contributed by atoms with Crippen molar-refractivity contribution in [3.8, 4) is 11.9 Å². The lowest BCUT2D eigenvalue weighted by Gasteiger charge is -2.49. The summed E-state index contributed by atoms with van der Waals surface area (Å²) in [7, 11) is 0. The zero-order valence-electron chi connectivity index (χ0n) is 18.8. The Kier molecular flexibility index (Phi) is 7.17. The number of piperidine rings is 1. The number of alkyl halides is 3. The van der Waals surface area contributed by atoms with Crippen molar-refractivity contribution in [2.24, 2.45) is 5.92 Å². The van der Waals surface area contributed by atoms with Crippen molar-refractivity contribution in [2.75, 3.05) is 25.1 Å². The number of rotatable bonds is 6. The SMILES string of the molecule is Cc1c(Nc2ccc(C#N)cc2Cl)ncnc1O[C@H]1C[C@H]2COC[C@@H](C1)N2CC(C)C(F)(F)F. The predicted molar refractivity (Wildman–Crippen MR) is 120 cm³/mol. The number of halogens is 4. The zero-order chi connectivity index (χ0) is 24.5. The Balaban J connectivity index is 1.45. The largest absolute Gasteiger partial charge is 0.474 e. The molecule has 0 spiro atoms. The van der Waals surface area contributed by atoms with E-state index in [0.29, 0.717) is 59.6 Å². The second-order valence-corrected chi connectivity index (χ2v) is 9.19. The van der Waals surface area contributed by atoms with E-state index in [1.165, 1.54) is 13.3 Å². The summed E-state index contributed by atoms with van der Waals surface area (Å²) in [6.07, 6.45) is -1.94. The Labute approximate surface area is 200 Å². The first-order chi connectivity index (χ1) is 16.2. The van der Waals surface area contributed by atoms with Gasteiger partial charge < -0.3 is 14.8 Å². The van der Waals surface area contributed by atoms with Crippen molar-refractivity contribution in [3.05, 3.63) is 40.7 Å². The minimum absolute atomic E-state index is 0.0408. The number of hydrogen-bond acceptors (Lipinski definition) is 7. The van der Waals surface area contributed by atoms with Crippen molar-refractivity contribution < 1.29 is 22.6 Å². The zero-order valence-corrected chi connectivity index (χ0v) is 19.5. The Bertz CT molecular complexity index is 1060. The fourth-order valence-electron chi connectivity index (χ4n) is 4.40. The number of anilines is 2. The van der Waals surface area contributed by atoms with Gasteiger partial charge in [0.1, 0.15) is 18.2 Å². The molecular weight excluding hydrogens is 471 g/mol. The summed E-state index contributed by atoms with van der Waals surface area (Å²) in [5, 5.41) is 12.5. The Morgan fingerprint density at radius 3 is 2.62 bits per heavy atom. The van der Waals surface area contributed by atoms with Crippen molar-refractivity contribution in [2.45, 2.75) is 51.1 Å². The van der Waals surface area contributed by atoms with Crippen LogP contribution in [0.25, 0.3) is 0 Å². The van der Waals surface area contributed by atoms with Crippen LogP contribution in [0.15, 0.2) is 24.5 Å². The van der Waals surface area contributed by atoms with Crippen LogP contribution < -0.4 is 10.1 Å². The van der Waals surface area contributed by atoms with Gasteiger partial charge in [0.05, 0.1) is 47.0 Å². The third-order valence-corrected chi connectivity index (χ3v) is 6.65. The molecule has 1 aromatic heterocycles. The summed E-state index contributed by atoms with van der Waals surface area (Å²) in [6.45, 7) is 3.76. The normalized spacial score (nSPS) is 23.7. The third kappa shape index (κ3) is 5.37. The third-order valence-electron chi connectivity index (χ3n) is 6.34. The van der Waals surface area contributed by atoms with Crippen molar-refractivity contribution in [3.63, 3.8) is 0 Å². The van der Waals surface area contributed by atoms with Gasteiger partial charge in [0.25, 0.3) is 0 Å². The number of nitrogens with zero attached hydrogens (tertiary/aromatic N) is 4. The topological polar surface area (TPSA) is 83.3 Å². The summed E-state index contributed by atoms with van der Waals surface area (Å²) in [5.74, 6) is -0.486. The first-order valence-corrected chi connectivity index (χ1v) is 11.4. The Morgan fingerprint density at radius 2 is 2.00 bits per heavy atom. The summed E-state index contributed by atoms with van der Waals surface area (Å²) in [4.78, 5) is 10.5. The number of hydrogen-bond donors (Lipinski definition) is 1. The summed E-state index contributed by atoms with van der Waals surface area (Å²) in [5.41, 5.74) is 1.72. The molecule has 0 radical (unpaired) electrons. The number of nitrogens with one attached hydrogen (secondary N) is 1. The molecule has 2 bridgehead atoms. The molecular formula is C23H25ClF3N5O2. The van der Waals surface area contributed by atoms with Crippen molar-refractivity contribution in [1.29, 1.82) is 5.26 Å². The lowest BCUT2D eigenvalue weighted by atomic mass is 9.90. The molecule has 11 heteroatoms. The van der Waals surface area contributed by atoms with Crippen LogP contribution in [0.3, 0.4) is 0 Å². The first-order valence-electron chi connectivity index (χ1n) is 11.0. The second kappa shape index (κ2) is 9.94. The lowest BCUT2D eigenvalue weighted by Crippen LogP contribution is -2.60. The molecule has 2 saturated heterocycles. The fourth-order valence-corrected chi connectivity index (χ4v) is 4.63. The summed E-state index contributed by atoms with van der Waals surface area (Å²) in [6, 6.07) is 6.66. The van der Waals surface area contributed by atoms with E-state index in [2.05, 4.69) is 15.3 Å². The Morgan fingerprint density at radius 1 is 1.29 bits per heavy atom. The molecule has 1 aromatic carbocycles. The van der Waals surface area contributed by atoms with E-state index >= 15 is 0 Å². The molecule has 1 N–H and O–H groups in total. The number of nitriles is 1. The van der Waals surface area contributed by atoms with Crippen LogP contribution in [0, 0.1) is 24.2 Å². The van der Waals surface area contributed by atoms with E-state index in [1.807, 2.05) is 17.9 Å². The van der Waals surface area contributed by atoms with Crippen LogP contribution >= 0.6 is 11.6 Å². The molecule has 0 saturated carbocycles. The van der Waals surface area contributed by atoms with E-state index in [1.54, 1.807) is 18.2 Å². The molecule has 182 valence electrons. The maximum atomic E-state index is 13.1. The molecule has 34 heavy (non-hydrogen) atoms. The van der Waals surface area contributed by atoms with E-state index < -0.39 is 12.1 Å². The van der Waals surface area contributed by atoms with E-state index in [4.69, 9.17) is 26.3 Å². The van der Waals surface area contributed by atoms with Crippen LogP contribution in [0.5, 0.6) is 5.88 Å². The summed E-state index contributed by atoms with van der Waals surface area (Å²) < 4.78 is 51.2. The van der Waals surface area contributed by atoms with Crippen LogP contribution in [-0.4, -0.2) is 59.0 Å². The van der Waals surface area contributed by atoms with Gasteiger partial charge in [-0.2, -0.15) is 18.4 Å². The fraction of sp³-hybridized carbons (Fsp3) is 0.522. The molecule has 1 unspecified atom stereocenters. The average molecular weight is 496 g/mol. The monoisotopic (exact) mass is 495 g/mol. The number of morpholine rings is 1. The highest BCUT2D eigenvalue weighted by Crippen LogP contribution is 2.35. The van der Waals surface area contributed by atoms with Crippen LogP contribution in [0.1, 0.15) is 30.9 Å². The van der Waals surface area contributed by atoms with Crippen molar-refractivity contribution >= 4 is 23.1 Å². The molecule has 4 atom stereocenters. The van der Waals surface area contributed by atoms with E-state index in [0.717, 1.165) is 0 Å². The van der Waals surface area contributed by atoms with Gasteiger partial charge in [-0.05, 0) is 25.1 Å². The maximum Gasteiger partial charge on any atom is 0.392 e. The quantitative estimate of drug-likeness (QED) is 0.612. The van der Waals surface area contributed by atoms with Crippen molar-refractivity contribution in [1.82, 2.24) is 14.9 Å². The maximum absolute atomic E-state index is 13.1. The highest BCUT2D eigenvalue weighted by atomic mass is 35.5. The predicted octanol–water partition coefficient (Wildman–Crippen LogP) is 4.86. The number of benzene rings is 1. The molecule has 2 aliphatic heterocycles. The Hall–Kier alpha value is -2.61. The molecule has 7 nitrogen and oxygen atoms in total. The van der Waals surface area contributed by atoms with Gasteiger partial charge >= 0.3 is 6.18 Å². The van der Waals surface area contributed by atoms with Gasteiger partial charge in [-0.15, -0.1) is 0 Å². The average Bonchev–Trinajstić information content (AvgIpc) is 2.77. The molecule has 2 aliphatic rings. The van der Waals surface area contributed by atoms with E-state index in [-0.39, 0.29) is 24.7 Å².